The molecule has 2 aromatic heterocycles. The first-order valence-electron chi connectivity index (χ1n) is 5.19. The van der Waals surface area contributed by atoms with Crippen LogP contribution >= 0.6 is 11.6 Å². The van der Waals surface area contributed by atoms with Gasteiger partial charge in [-0.1, -0.05) is 6.07 Å². The van der Waals surface area contributed by atoms with Crippen molar-refractivity contribution >= 4 is 21.4 Å². The van der Waals surface area contributed by atoms with Gasteiger partial charge in [0.25, 0.3) is 0 Å². The third-order valence-corrected chi connectivity index (χ3v) is 3.90. The molecule has 2 aromatic rings. The average Bonchev–Trinajstić information content (AvgIpc) is 2.77. The Morgan fingerprint density at radius 1 is 1.39 bits per heavy atom. The maximum atomic E-state index is 11.4. The van der Waals surface area contributed by atoms with Crippen LogP contribution in [0.2, 0.25) is 0 Å². The summed E-state index contributed by atoms with van der Waals surface area (Å²) < 4.78 is 24.1. The molecule has 5 nitrogen and oxygen atoms in total. The van der Waals surface area contributed by atoms with E-state index in [0.29, 0.717) is 11.7 Å². The fourth-order valence-electron chi connectivity index (χ4n) is 1.47. The average molecular weight is 286 g/mol. The van der Waals surface area contributed by atoms with E-state index in [1.54, 1.807) is 6.07 Å². The topological polar surface area (TPSA) is 64.8 Å². The maximum Gasteiger partial charge on any atom is 0.178 e. The molecule has 0 aliphatic heterocycles. The third kappa shape index (κ3) is 2.54. The van der Waals surface area contributed by atoms with E-state index in [1.807, 2.05) is 13.0 Å². The summed E-state index contributed by atoms with van der Waals surface area (Å²) in [5.41, 5.74) is 1.75. The van der Waals surface area contributed by atoms with Crippen LogP contribution in [0, 0.1) is 6.92 Å². The summed E-state index contributed by atoms with van der Waals surface area (Å²) in [6.45, 7) is 1.85. The molecule has 0 bridgehead atoms. The standard InChI is InChI=1S/C11H12ClN3O2S/c1-8-9(5-12)3-4-11(14-8)15-7-10(6-13-15)18(2,16)17/h3-4,6-7H,5H2,1-2H3. The lowest BCUT2D eigenvalue weighted by Crippen LogP contribution is -2.01. The van der Waals surface area contributed by atoms with Gasteiger partial charge in [-0.3, -0.25) is 0 Å². The minimum absolute atomic E-state index is 0.170. The Balaban J connectivity index is 2.44. The number of aryl methyl sites for hydroxylation is 1. The van der Waals surface area contributed by atoms with Gasteiger partial charge in [-0.05, 0) is 18.6 Å². The summed E-state index contributed by atoms with van der Waals surface area (Å²) in [5.74, 6) is 0.962. The van der Waals surface area contributed by atoms with Crippen molar-refractivity contribution in [1.29, 1.82) is 0 Å². The number of hydrogen-bond acceptors (Lipinski definition) is 4. The summed E-state index contributed by atoms with van der Waals surface area (Å²) in [7, 11) is -3.25. The molecule has 0 N–H and O–H groups in total. The van der Waals surface area contributed by atoms with Gasteiger partial charge in [0.05, 0.1) is 12.4 Å². The first-order valence-corrected chi connectivity index (χ1v) is 7.62. The second-order valence-corrected chi connectivity index (χ2v) is 6.22. The number of rotatable bonds is 3. The highest BCUT2D eigenvalue weighted by Gasteiger charge is 2.11. The number of alkyl halides is 1. The van der Waals surface area contributed by atoms with E-state index in [-0.39, 0.29) is 4.90 Å². The summed E-state index contributed by atoms with van der Waals surface area (Å²) in [4.78, 5) is 4.50. The highest BCUT2D eigenvalue weighted by Crippen LogP contribution is 2.14. The zero-order chi connectivity index (χ0) is 13.3. The molecule has 0 saturated heterocycles. The number of sulfone groups is 1. The summed E-state index contributed by atoms with van der Waals surface area (Å²) in [5, 5.41) is 3.99. The van der Waals surface area contributed by atoms with Crippen molar-refractivity contribution in [3.63, 3.8) is 0 Å². The molecule has 7 heteroatoms. The quantitative estimate of drug-likeness (QED) is 0.806. The fourth-order valence-corrected chi connectivity index (χ4v) is 2.28. The number of hydrogen-bond donors (Lipinski definition) is 0. The lowest BCUT2D eigenvalue weighted by molar-refractivity contribution is 0.602. The van der Waals surface area contributed by atoms with E-state index in [1.165, 1.54) is 17.1 Å². The molecule has 0 saturated carbocycles. The fraction of sp³-hybridized carbons (Fsp3) is 0.273. The van der Waals surface area contributed by atoms with Crippen LogP contribution in [-0.4, -0.2) is 29.4 Å². The Kier molecular flexibility index (Phi) is 3.41. The molecule has 0 amide bonds. The Morgan fingerprint density at radius 3 is 2.61 bits per heavy atom. The number of aromatic nitrogens is 3. The van der Waals surface area contributed by atoms with Gasteiger partial charge in [0, 0.05) is 17.8 Å². The molecule has 0 aliphatic carbocycles. The first-order chi connectivity index (χ1) is 8.41. The first kappa shape index (κ1) is 13.0. The summed E-state index contributed by atoms with van der Waals surface area (Å²) >= 11 is 5.75. The normalized spacial score (nSPS) is 11.7. The molecule has 96 valence electrons. The van der Waals surface area contributed by atoms with Crippen LogP contribution in [0.1, 0.15) is 11.3 Å². The van der Waals surface area contributed by atoms with Crippen molar-refractivity contribution in [2.75, 3.05) is 6.26 Å². The predicted molar refractivity (Wildman–Crippen MR) is 68.8 cm³/mol. The van der Waals surface area contributed by atoms with Gasteiger partial charge < -0.3 is 0 Å². The number of halogens is 1. The highest BCUT2D eigenvalue weighted by atomic mass is 35.5. The monoisotopic (exact) mass is 285 g/mol. The van der Waals surface area contributed by atoms with E-state index in [2.05, 4.69) is 10.1 Å². The van der Waals surface area contributed by atoms with Crippen LogP contribution < -0.4 is 0 Å². The largest absolute Gasteiger partial charge is 0.234 e. The van der Waals surface area contributed by atoms with Crippen LogP contribution in [-0.2, 0) is 15.7 Å². The third-order valence-electron chi connectivity index (χ3n) is 2.55. The summed E-state index contributed by atoms with van der Waals surface area (Å²) in [6, 6.07) is 3.61. The van der Waals surface area contributed by atoms with Crippen molar-refractivity contribution in [2.45, 2.75) is 17.7 Å². The highest BCUT2D eigenvalue weighted by molar-refractivity contribution is 7.90. The Hall–Kier alpha value is -1.40. The molecule has 18 heavy (non-hydrogen) atoms. The molecule has 0 spiro atoms. The predicted octanol–water partition coefficient (Wildman–Crippen LogP) is 1.72. The van der Waals surface area contributed by atoms with Crippen molar-refractivity contribution in [3.8, 4) is 5.82 Å². The Bertz CT molecular complexity index is 679. The van der Waals surface area contributed by atoms with Gasteiger partial charge in [0.2, 0.25) is 0 Å². The smallest absolute Gasteiger partial charge is 0.178 e. The minimum Gasteiger partial charge on any atom is -0.234 e. The van der Waals surface area contributed by atoms with Gasteiger partial charge >= 0.3 is 0 Å². The van der Waals surface area contributed by atoms with Gasteiger partial charge in [-0.25, -0.2) is 18.1 Å². The van der Waals surface area contributed by atoms with Gasteiger partial charge in [-0.15, -0.1) is 11.6 Å². The maximum absolute atomic E-state index is 11.4. The molecule has 0 unspecified atom stereocenters. The second-order valence-electron chi connectivity index (χ2n) is 3.94. The van der Waals surface area contributed by atoms with Crippen LogP contribution in [0.25, 0.3) is 5.82 Å². The van der Waals surface area contributed by atoms with Crippen LogP contribution in [0.4, 0.5) is 0 Å². The van der Waals surface area contributed by atoms with E-state index in [0.717, 1.165) is 17.5 Å². The molecule has 0 radical (unpaired) electrons. The van der Waals surface area contributed by atoms with E-state index in [4.69, 9.17) is 11.6 Å². The molecule has 0 aliphatic rings. The van der Waals surface area contributed by atoms with Gasteiger partial charge in [0.1, 0.15) is 4.90 Å². The van der Waals surface area contributed by atoms with Crippen molar-refractivity contribution < 1.29 is 8.42 Å². The lowest BCUT2D eigenvalue weighted by atomic mass is 10.2. The van der Waals surface area contributed by atoms with Crippen molar-refractivity contribution in [1.82, 2.24) is 14.8 Å². The summed E-state index contributed by atoms with van der Waals surface area (Å²) in [6.07, 6.45) is 3.89. The van der Waals surface area contributed by atoms with E-state index < -0.39 is 9.84 Å². The van der Waals surface area contributed by atoms with E-state index in [9.17, 15) is 8.42 Å². The molecule has 0 fully saturated rings. The molecular formula is C11H12ClN3O2S. The zero-order valence-electron chi connectivity index (χ0n) is 9.96. The number of pyridine rings is 1. The molecule has 2 rings (SSSR count). The minimum atomic E-state index is -3.25. The molecule has 0 aromatic carbocycles. The Morgan fingerprint density at radius 2 is 2.11 bits per heavy atom. The zero-order valence-corrected chi connectivity index (χ0v) is 11.5. The van der Waals surface area contributed by atoms with Crippen LogP contribution in [0.3, 0.4) is 0 Å². The second kappa shape index (κ2) is 4.70. The molecule has 2 heterocycles. The van der Waals surface area contributed by atoms with Crippen LogP contribution in [0.5, 0.6) is 0 Å². The lowest BCUT2D eigenvalue weighted by Gasteiger charge is -2.04. The molecule has 0 atom stereocenters. The number of nitrogens with zero attached hydrogens (tertiary/aromatic N) is 3. The van der Waals surface area contributed by atoms with Crippen LogP contribution in [0.15, 0.2) is 29.4 Å². The van der Waals surface area contributed by atoms with Gasteiger partial charge in [0.15, 0.2) is 15.7 Å². The van der Waals surface area contributed by atoms with E-state index >= 15 is 0 Å². The Labute approximate surface area is 110 Å². The van der Waals surface area contributed by atoms with Crippen molar-refractivity contribution in [3.05, 3.63) is 35.8 Å². The molecular weight excluding hydrogens is 274 g/mol. The van der Waals surface area contributed by atoms with Gasteiger partial charge in [-0.2, -0.15) is 5.10 Å². The SMILES string of the molecule is Cc1nc(-n2cc(S(C)(=O)=O)cn2)ccc1CCl. The van der Waals surface area contributed by atoms with Crippen molar-refractivity contribution in [2.24, 2.45) is 0 Å².